The number of phenols is 1. The van der Waals surface area contributed by atoms with Crippen LogP contribution in [0.2, 0.25) is 5.02 Å². The van der Waals surface area contributed by atoms with Gasteiger partial charge in [0.25, 0.3) is 5.91 Å². The Labute approximate surface area is 185 Å². The van der Waals surface area contributed by atoms with Crippen molar-refractivity contribution in [1.29, 1.82) is 0 Å². The molecule has 4 aromatic rings. The summed E-state index contributed by atoms with van der Waals surface area (Å²) in [6.07, 6.45) is 0. The van der Waals surface area contributed by atoms with Crippen molar-refractivity contribution in [3.05, 3.63) is 94.3 Å². The number of nitrogens with one attached hydrogen (secondary N) is 1. The Morgan fingerprint density at radius 2 is 1.75 bits per heavy atom. The second kappa shape index (κ2) is 8.52. The first-order valence-electron chi connectivity index (χ1n) is 9.21. The summed E-state index contributed by atoms with van der Waals surface area (Å²) in [6.45, 7) is 0. The molecule has 0 fully saturated rings. The molecule has 1 aromatic heterocycles. The van der Waals surface area contributed by atoms with E-state index in [1.165, 1.54) is 54.6 Å². The Bertz CT molecular complexity index is 1430. The quantitative estimate of drug-likeness (QED) is 0.398. The Hall–Kier alpha value is -4.17. The van der Waals surface area contributed by atoms with Crippen LogP contribution in [0.25, 0.3) is 11.0 Å². The second-order valence-corrected chi connectivity index (χ2v) is 7.14. The summed E-state index contributed by atoms with van der Waals surface area (Å²) >= 11 is 5.78. The smallest absolute Gasteiger partial charge is 0.335 e. The molecule has 3 N–H and O–H groups in total. The van der Waals surface area contributed by atoms with Crippen molar-refractivity contribution in [2.75, 3.05) is 5.32 Å². The first-order valence-corrected chi connectivity index (χ1v) is 9.59. The van der Waals surface area contributed by atoms with Crippen LogP contribution in [0.5, 0.6) is 5.75 Å². The zero-order valence-electron chi connectivity index (χ0n) is 16.2. The van der Waals surface area contributed by atoms with E-state index in [0.29, 0.717) is 11.1 Å². The summed E-state index contributed by atoms with van der Waals surface area (Å²) < 4.78 is 19.2. The van der Waals surface area contributed by atoms with E-state index >= 15 is 0 Å². The maximum Gasteiger partial charge on any atom is 0.335 e. The van der Waals surface area contributed by atoms with Gasteiger partial charge < -0.3 is 19.9 Å². The number of phenolic OH excluding ortho intramolecular Hbond substituents is 1. The number of carboxylic acids is 1. The van der Waals surface area contributed by atoms with Gasteiger partial charge in [-0.2, -0.15) is 0 Å². The predicted molar refractivity (Wildman–Crippen MR) is 116 cm³/mol. The van der Waals surface area contributed by atoms with Crippen molar-refractivity contribution in [2.24, 2.45) is 4.99 Å². The highest BCUT2D eigenvalue weighted by atomic mass is 35.5. The molecule has 9 heteroatoms. The van der Waals surface area contributed by atoms with Gasteiger partial charge >= 0.3 is 5.97 Å². The molecule has 0 unspecified atom stereocenters. The number of anilines is 1. The lowest BCUT2D eigenvalue weighted by Crippen LogP contribution is -2.21. The third-order valence-electron chi connectivity index (χ3n) is 4.50. The highest BCUT2D eigenvalue weighted by molar-refractivity contribution is 6.31. The molecule has 0 aliphatic rings. The van der Waals surface area contributed by atoms with Crippen LogP contribution in [-0.2, 0) is 0 Å². The number of hydrogen-bond donors (Lipinski definition) is 3. The van der Waals surface area contributed by atoms with Crippen LogP contribution in [-0.4, -0.2) is 22.1 Å². The van der Waals surface area contributed by atoms with E-state index in [1.807, 2.05) is 0 Å². The zero-order valence-corrected chi connectivity index (χ0v) is 16.9. The number of rotatable bonds is 4. The van der Waals surface area contributed by atoms with Gasteiger partial charge in [-0.15, -0.1) is 0 Å². The normalized spacial score (nSPS) is 11.5. The average molecular weight is 453 g/mol. The van der Waals surface area contributed by atoms with Crippen molar-refractivity contribution < 1.29 is 28.6 Å². The number of carbonyl (C=O) groups excluding carboxylic acids is 1. The van der Waals surface area contributed by atoms with Gasteiger partial charge in [0, 0.05) is 17.1 Å². The minimum atomic E-state index is -1.08. The number of hydrogen-bond acceptors (Lipinski definition) is 5. The summed E-state index contributed by atoms with van der Waals surface area (Å²) in [7, 11) is 0. The Kier molecular flexibility index (Phi) is 5.61. The van der Waals surface area contributed by atoms with Crippen LogP contribution >= 0.6 is 11.6 Å². The molecule has 0 saturated heterocycles. The van der Waals surface area contributed by atoms with Gasteiger partial charge in [0.05, 0.1) is 16.3 Å². The molecule has 7 nitrogen and oxygen atoms in total. The van der Waals surface area contributed by atoms with Gasteiger partial charge in [-0.05, 0) is 60.7 Å². The van der Waals surface area contributed by atoms with Gasteiger partial charge in [0.1, 0.15) is 22.7 Å². The highest BCUT2D eigenvalue weighted by Gasteiger charge is 2.14. The summed E-state index contributed by atoms with van der Waals surface area (Å²) in [5.74, 6) is -2.32. The molecule has 0 saturated carbocycles. The standard InChI is InChI=1S/C23H14ClFN2O5/c24-18-10-15(6-8-19(18)25)26-21(29)17-9-13-3-7-16(28)11-20(13)32-22(17)27-14-4-1-12(2-5-14)23(30)31/h1-11,28H,(H,26,29)(H,30,31). The van der Waals surface area contributed by atoms with Crippen molar-refractivity contribution in [1.82, 2.24) is 0 Å². The van der Waals surface area contributed by atoms with Crippen LogP contribution in [0.4, 0.5) is 15.8 Å². The van der Waals surface area contributed by atoms with Gasteiger partial charge in [-0.1, -0.05) is 11.6 Å². The number of amides is 1. The van der Waals surface area contributed by atoms with Gasteiger partial charge in [0.2, 0.25) is 5.55 Å². The first-order chi connectivity index (χ1) is 15.3. The largest absolute Gasteiger partial charge is 0.508 e. The summed E-state index contributed by atoms with van der Waals surface area (Å²) in [6, 6.07) is 15.4. The lowest BCUT2D eigenvalue weighted by atomic mass is 10.1. The molecular weight excluding hydrogens is 439 g/mol. The molecule has 1 amide bonds. The minimum Gasteiger partial charge on any atom is -0.508 e. The van der Waals surface area contributed by atoms with Crippen molar-refractivity contribution in [2.45, 2.75) is 0 Å². The first kappa shape index (κ1) is 21.1. The van der Waals surface area contributed by atoms with Gasteiger partial charge in [0.15, 0.2) is 0 Å². The average Bonchev–Trinajstić information content (AvgIpc) is 2.76. The number of carboxylic acid groups (broad SMARTS) is 1. The van der Waals surface area contributed by atoms with E-state index in [-0.39, 0.29) is 38.7 Å². The summed E-state index contributed by atoms with van der Waals surface area (Å²) in [5.41, 5.74) is 0.965. The maximum atomic E-state index is 13.4. The van der Waals surface area contributed by atoms with E-state index in [2.05, 4.69) is 10.3 Å². The van der Waals surface area contributed by atoms with Gasteiger partial charge in [-0.3, -0.25) is 4.79 Å². The lowest BCUT2D eigenvalue weighted by Gasteiger charge is -2.08. The molecule has 0 spiro atoms. The van der Waals surface area contributed by atoms with Crippen molar-refractivity contribution >= 4 is 45.8 Å². The van der Waals surface area contributed by atoms with E-state index in [1.54, 1.807) is 6.07 Å². The van der Waals surface area contributed by atoms with Crippen LogP contribution in [0.15, 0.2) is 76.1 Å². The topological polar surface area (TPSA) is 112 Å². The zero-order chi connectivity index (χ0) is 22.8. The number of benzene rings is 3. The fraction of sp³-hybridized carbons (Fsp3) is 0. The van der Waals surface area contributed by atoms with Crippen LogP contribution in [0.1, 0.15) is 20.7 Å². The Morgan fingerprint density at radius 3 is 2.44 bits per heavy atom. The van der Waals surface area contributed by atoms with E-state index in [9.17, 15) is 19.1 Å². The molecular formula is C23H14ClFN2O5. The molecule has 160 valence electrons. The number of aromatic carboxylic acids is 1. The number of halogens is 2. The van der Waals surface area contributed by atoms with Crippen molar-refractivity contribution in [3.8, 4) is 5.75 Å². The van der Waals surface area contributed by atoms with Gasteiger partial charge in [-0.25, -0.2) is 14.2 Å². The van der Waals surface area contributed by atoms with E-state index < -0.39 is 17.7 Å². The van der Waals surface area contributed by atoms with E-state index in [0.717, 1.165) is 6.07 Å². The summed E-state index contributed by atoms with van der Waals surface area (Å²) in [4.78, 5) is 28.4. The SMILES string of the molecule is O=C(O)c1ccc(N=c2oc3cc(O)ccc3cc2C(=O)Nc2ccc(F)c(Cl)c2)cc1. The van der Waals surface area contributed by atoms with Crippen LogP contribution in [0.3, 0.4) is 0 Å². The molecule has 0 bridgehead atoms. The molecule has 32 heavy (non-hydrogen) atoms. The Morgan fingerprint density at radius 1 is 1.00 bits per heavy atom. The Balaban J connectivity index is 1.82. The molecule has 0 aliphatic heterocycles. The predicted octanol–water partition coefficient (Wildman–Crippen LogP) is 5.11. The number of nitrogens with zero attached hydrogens (tertiary/aromatic N) is 1. The van der Waals surface area contributed by atoms with E-state index in [4.69, 9.17) is 21.1 Å². The number of aromatic hydroxyl groups is 1. The van der Waals surface area contributed by atoms with Crippen molar-refractivity contribution in [3.63, 3.8) is 0 Å². The monoisotopic (exact) mass is 452 g/mol. The molecule has 0 aliphatic carbocycles. The number of carbonyl (C=O) groups is 2. The molecule has 3 aromatic carbocycles. The highest BCUT2D eigenvalue weighted by Crippen LogP contribution is 2.22. The molecule has 1 heterocycles. The molecule has 0 radical (unpaired) electrons. The fourth-order valence-electron chi connectivity index (χ4n) is 2.92. The minimum absolute atomic E-state index is 0.0313. The lowest BCUT2D eigenvalue weighted by molar-refractivity contribution is 0.0696. The van der Waals surface area contributed by atoms with Crippen LogP contribution < -0.4 is 10.9 Å². The maximum absolute atomic E-state index is 13.4. The third-order valence-corrected chi connectivity index (χ3v) is 4.79. The van der Waals surface area contributed by atoms with Crippen LogP contribution in [0, 0.1) is 5.82 Å². The second-order valence-electron chi connectivity index (χ2n) is 6.73. The fourth-order valence-corrected chi connectivity index (χ4v) is 3.10. The summed E-state index contributed by atoms with van der Waals surface area (Å²) in [5, 5.41) is 21.8. The number of fused-ring (bicyclic) bond motifs is 1. The third kappa shape index (κ3) is 4.45. The molecule has 0 atom stereocenters. The molecule has 4 rings (SSSR count).